The van der Waals surface area contributed by atoms with Crippen LogP contribution < -0.4 is 10.6 Å². The summed E-state index contributed by atoms with van der Waals surface area (Å²) in [6.45, 7) is 2.92. The summed E-state index contributed by atoms with van der Waals surface area (Å²) in [4.78, 5) is 2.47. The molecule has 0 bridgehead atoms. The van der Waals surface area contributed by atoms with Crippen LogP contribution in [0.5, 0.6) is 0 Å². The minimum absolute atomic E-state index is 0.590. The summed E-state index contributed by atoms with van der Waals surface area (Å²) in [7, 11) is 0. The standard InChI is InChI=1S/C12H16N2O/c13-10-3-4-12-9(6-10)2-1-5-14(12)11-7-15-8-11/h3-4,6,11H,1-2,5,7-8,13H2. The van der Waals surface area contributed by atoms with Crippen molar-refractivity contribution in [3.05, 3.63) is 23.8 Å². The van der Waals surface area contributed by atoms with E-state index in [4.69, 9.17) is 10.5 Å². The fraction of sp³-hybridized carbons (Fsp3) is 0.500. The molecule has 0 aromatic heterocycles. The molecular formula is C12H16N2O. The summed E-state index contributed by atoms with van der Waals surface area (Å²) >= 11 is 0. The summed E-state index contributed by atoms with van der Waals surface area (Å²) in [6.07, 6.45) is 2.39. The zero-order chi connectivity index (χ0) is 10.3. The molecule has 2 aliphatic rings. The maximum Gasteiger partial charge on any atom is 0.0757 e. The topological polar surface area (TPSA) is 38.5 Å². The summed E-state index contributed by atoms with van der Waals surface area (Å²) in [5.74, 6) is 0. The number of hydrogen-bond donors (Lipinski definition) is 1. The minimum Gasteiger partial charge on any atom is -0.399 e. The molecule has 2 aliphatic heterocycles. The number of aryl methyl sites for hydroxylation is 1. The van der Waals surface area contributed by atoms with E-state index in [1.807, 2.05) is 6.07 Å². The Balaban J connectivity index is 1.95. The zero-order valence-electron chi connectivity index (χ0n) is 8.78. The molecule has 0 atom stereocenters. The molecular weight excluding hydrogens is 188 g/mol. The van der Waals surface area contributed by atoms with Crippen LogP contribution in [-0.2, 0) is 11.2 Å². The van der Waals surface area contributed by atoms with Crippen molar-refractivity contribution in [2.45, 2.75) is 18.9 Å². The molecule has 0 unspecified atom stereocenters. The number of rotatable bonds is 1. The highest BCUT2D eigenvalue weighted by molar-refractivity contribution is 5.61. The van der Waals surface area contributed by atoms with Gasteiger partial charge in [-0.1, -0.05) is 0 Å². The van der Waals surface area contributed by atoms with Crippen LogP contribution in [0.25, 0.3) is 0 Å². The van der Waals surface area contributed by atoms with E-state index < -0.39 is 0 Å². The Morgan fingerprint density at radius 2 is 2.20 bits per heavy atom. The number of fused-ring (bicyclic) bond motifs is 1. The lowest BCUT2D eigenvalue weighted by molar-refractivity contribution is 0.00757. The van der Waals surface area contributed by atoms with Gasteiger partial charge in [0.15, 0.2) is 0 Å². The average Bonchev–Trinajstić information content (AvgIpc) is 2.15. The molecule has 2 heterocycles. The van der Waals surface area contributed by atoms with Gasteiger partial charge in [-0.15, -0.1) is 0 Å². The van der Waals surface area contributed by atoms with Crippen molar-refractivity contribution in [2.75, 3.05) is 30.4 Å². The van der Waals surface area contributed by atoms with E-state index in [-0.39, 0.29) is 0 Å². The van der Waals surface area contributed by atoms with Crippen molar-refractivity contribution >= 4 is 11.4 Å². The summed E-state index contributed by atoms with van der Waals surface area (Å²) in [5.41, 5.74) is 9.44. The Kier molecular flexibility index (Phi) is 2.06. The third-order valence-electron chi connectivity index (χ3n) is 3.32. The van der Waals surface area contributed by atoms with Crippen LogP contribution in [0.15, 0.2) is 18.2 Å². The molecule has 0 spiro atoms. The second-order valence-electron chi connectivity index (χ2n) is 4.38. The van der Waals surface area contributed by atoms with Gasteiger partial charge in [-0.3, -0.25) is 0 Å². The molecule has 3 nitrogen and oxygen atoms in total. The van der Waals surface area contributed by atoms with Crippen molar-refractivity contribution in [2.24, 2.45) is 0 Å². The number of nitrogens with zero attached hydrogens (tertiary/aromatic N) is 1. The van der Waals surface area contributed by atoms with Crippen molar-refractivity contribution in [3.63, 3.8) is 0 Å². The Labute approximate surface area is 89.8 Å². The molecule has 80 valence electrons. The molecule has 0 aliphatic carbocycles. The van der Waals surface area contributed by atoms with Crippen LogP contribution in [-0.4, -0.2) is 25.8 Å². The third-order valence-corrected chi connectivity index (χ3v) is 3.32. The van der Waals surface area contributed by atoms with Gasteiger partial charge in [-0.2, -0.15) is 0 Å². The number of nitrogens with two attached hydrogens (primary N) is 1. The first-order valence-electron chi connectivity index (χ1n) is 5.57. The predicted octanol–water partition coefficient (Wildman–Crippen LogP) is 1.42. The maximum atomic E-state index is 5.81. The van der Waals surface area contributed by atoms with Gasteiger partial charge in [0.2, 0.25) is 0 Å². The molecule has 3 heteroatoms. The molecule has 15 heavy (non-hydrogen) atoms. The van der Waals surface area contributed by atoms with Crippen LogP contribution in [0.4, 0.5) is 11.4 Å². The Bertz CT molecular complexity index is 374. The van der Waals surface area contributed by atoms with Crippen LogP contribution >= 0.6 is 0 Å². The van der Waals surface area contributed by atoms with E-state index in [9.17, 15) is 0 Å². The molecule has 0 saturated carbocycles. The minimum atomic E-state index is 0.590. The average molecular weight is 204 g/mol. The van der Waals surface area contributed by atoms with E-state index in [1.165, 1.54) is 17.7 Å². The first kappa shape index (κ1) is 9.04. The lowest BCUT2D eigenvalue weighted by atomic mass is 9.99. The fourth-order valence-electron chi connectivity index (χ4n) is 2.43. The van der Waals surface area contributed by atoms with Gasteiger partial charge in [-0.05, 0) is 36.6 Å². The van der Waals surface area contributed by atoms with Crippen LogP contribution in [0.1, 0.15) is 12.0 Å². The fourth-order valence-corrected chi connectivity index (χ4v) is 2.43. The predicted molar refractivity (Wildman–Crippen MR) is 61.1 cm³/mol. The molecule has 0 amide bonds. The Morgan fingerprint density at radius 1 is 1.33 bits per heavy atom. The lowest BCUT2D eigenvalue weighted by Crippen LogP contribution is -2.51. The molecule has 1 aromatic rings. The first-order chi connectivity index (χ1) is 7.34. The SMILES string of the molecule is Nc1ccc2c(c1)CCCN2C1COC1. The van der Waals surface area contributed by atoms with Crippen molar-refractivity contribution in [3.8, 4) is 0 Å². The number of nitrogen functional groups attached to an aromatic ring is 1. The molecule has 1 aromatic carbocycles. The van der Waals surface area contributed by atoms with E-state index in [0.717, 1.165) is 31.9 Å². The number of hydrogen-bond acceptors (Lipinski definition) is 3. The van der Waals surface area contributed by atoms with Crippen molar-refractivity contribution < 1.29 is 4.74 Å². The molecule has 2 N–H and O–H groups in total. The van der Waals surface area contributed by atoms with E-state index in [1.54, 1.807) is 0 Å². The van der Waals surface area contributed by atoms with Crippen molar-refractivity contribution in [1.82, 2.24) is 0 Å². The lowest BCUT2D eigenvalue weighted by Gasteiger charge is -2.42. The second kappa shape index (κ2) is 3.42. The van der Waals surface area contributed by atoms with Gasteiger partial charge < -0.3 is 15.4 Å². The van der Waals surface area contributed by atoms with E-state index in [2.05, 4.69) is 17.0 Å². The highest BCUT2D eigenvalue weighted by atomic mass is 16.5. The molecule has 1 fully saturated rings. The van der Waals surface area contributed by atoms with Gasteiger partial charge in [0.05, 0.1) is 19.3 Å². The Morgan fingerprint density at radius 3 is 2.93 bits per heavy atom. The number of benzene rings is 1. The highest BCUT2D eigenvalue weighted by Gasteiger charge is 2.29. The van der Waals surface area contributed by atoms with Crippen LogP contribution in [0.3, 0.4) is 0 Å². The smallest absolute Gasteiger partial charge is 0.0757 e. The number of ether oxygens (including phenoxy) is 1. The summed E-state index contributed by atoms with van der Waals surface area (Å²) in [6, 6.07) is 6.85. The van der Waals surface area contributed by atoms with Crippen LogP contribution in [0, 0.1) is 0 Å². The maximum absolute atomic E-state index is 5.81. The van der Waals surface area contributed by atoms with Gasteiger partial charge >= 0.3 is 0 Å². The quantitative estimate of drug-likeness (QED) is 0.703. The van der Waals surface area contributed by atoms with Crippen molar-refractivity contribution in [1.29, 1.82) is 0 Å². The largest absolute Gasteiger partial charge is 0.399 e. The second-order valence-corrected chi connectivity index (χ2v) is 4.38. The van der Waals surface area contributed by atoms with Crippen LogP contribution in [0.2, 0.25) is 0 Å². The highest BCUT2D eigenvalue weighted by Crippen LogP contribution is 2.31. The normalized spacial score (nSPS) is 20.9. The molecule has 0 radical (unpaired) electrons. The first-order valence-corrected chi connectivity index (χ1v) is 5.57. The number of anilines is 2. The summed E-state index contributed by atoms with van der Waals surface area (Å²) in [5, 5.41) is 0. The monoisotopic (exact) mass is 204 g/mol. The summed E-state index contributed by atoms with van der Waals surface area (Å²) < 4.78 is 5.26. The third kappa shape index (κ3) is 1.47. The van der Waals surface area contributed by atoms with Gasteiger partial charge in [0.1, 0.15) is 0 Å². The molecule has 1 saturated heterocycles. The van der Waals surface area contributed by atoms with Gasteiger partial charge in [0, 0.05) is 17.9 Å². The van der Waals surface area contributed by atoms with Gasteiger partial charge in [0.25, 0.3) is 0 Å². The zero-order valence-corrected chi connectivity index (χ0v) is 8.78. The van der Waals surface area contributed by atoms with E-state index in [0.29, 0.717) is 6.04 Å². The molecule has 3 rings (SSSR count). The Hall–Kier alpha value is -1.22. The van der Waals surface area contributed by atoms with Gasteiger partial charge in [-0.25, -0.2) is 0 Å². The van der Waals surface area contributed by atoms with E-state index >= 15 is 0 Å².